The maximum absolute atomic E-state index is 10.8. The van der Waals surface area contributed by atoms with Gasteiger partial charge in [0.25, 0.3) is 0 Å². The minimum absolute atomic E-state index is 0.0579. The smallest absolute Gasteiger partial charge is 0.315 e. The van der Waals surface area contributed by atoms with E-state index in [9.17, 15) is 10.1 Å². The minimum Gasteiger partial charge on any atom is -0.489 e. The maximum atomic E-state index is 10.8. The second-order valence-electron chi connectivity index (χ2n) is 2.94. The van der Waals surface area contributed by atoms with Gasteiger partial charge in [-0.05, 0) is 25.5 Å². The third kappa shape index (κ3) is 1.65. The van der Waals surface area contributed by atoms with Gasteiger partial charge in [0.05, 0.1) is 17.1 Å². The Morgan fingerprint density at radius 2 is 2.07 bits per heavy atom. The summed E-state index contributed by atoms with van der Waals surface area (Å²) in [5, 5.41) is 11.0. The highest BCUT2D eigenvalue weighted by Gasteiger charge is 2.22. The standard InChI is InChI=1S/C9H10ClNO3/c1-5-4-7(10)9(14-3)8(6(5)2)11(12)13/h4H,1-3H3. The molecule has 0 spiro atoms. The molecule has 14 heavy (non-hydrogen) atoms. The Morgan fingerprint density at radius 1 is 1.50 bits per heavy atom. The Balaban J connectivity index is 3.56. The summed E-state index contributed by atoms with van der Waals surface area (Å²) in [7, 11) is 1.36. The monoisotopic (exact) mass is 215 g/mol. The highest BCUT2D eigenvalue weighted by atomic mass is 35.5. The highest BCUT2D eigenvalue weighted by molar-refractivity contribution is 6.32. The summed E-state index contributed by atoms with van der Waals surface area (Å²) < 4.78 is 4.90. The highest BCUT2D eigenvalue weighted by Crippen LogP contribution is 2.38. The zero-order valence-corrected chi connectivity index (χ0v) is 8.88. The Bertz CT molecular complexity index is 390. The Labute approximate surface area is 86.6 Å². The van der Waals surface area contributed by atoms with Gasteiger partial charge in [0.2, 0.25) is 5.75 Å². The van der Waals surface area contributed by atoms with E-state index in [4.69, 9.17) is 16.3 Å². The summed E-state index contributed by atoms with van der Waals surface area (Å²) in [4.78, 5) is 10.3. The molecule has 0 unspecified atom stereocenters. The van der Waals surface area contributed by atoms with Gasteiger partial charge in [-0.2, -0.15) is 0 Å². The topological polar surface area (TPSA) is 52.4 Å². The molecule has 0 atom stereocenters. The maximum Gasteiger partial charge on any atom is 0.315 e. The first kappa shape index (κ1) is 10.8. The van der Waals surface area contributed by atoms with Crippen LogP contribution in [0.15, 0.2) is 6.07 Å². The molecule has 1 rings (SSSR count). The molecule has 0 saturated carbocycles. The van der Waals surface area contributed by atoms with Crippen LogP contribution in [0.2, 0.25) is 5.02 Å². The van der Waals surface area contributed by atoms with Gasteiger partial charge < -0.3 is 4.74 Å². The van der Waals surface area contributed by atoms with E-state index in [0.717, 1.165) is 5.56 Å². The Kier molecular flexibility index (Phi) is 2.96. The normalized spacial score (nSPS) is 10.0. The fourth-order valence-electron chi connectivity index (χ4n) is 1.25. The van der Waals surface area contributed by atoms with Crippen molar-refractivity contribution in [2.75, 3.05) is 7.11 Å². The Morgan fingerprint density at radius 3 is 2.50 bits per heavy atom. The predicted octanol–water partition coefficient (Wildman–Crippen LogP) is 2.87. The number of nitro benzene ring substituents is 1. The van der Waals surface area contributed by atoms with Gasteiger partial charge in [-0.1, -0.05) is 11.6 Å². The molecule has 0 bridgehead atoms. The average molecular weight is 216 g/mol. The molecule has 4 nitrogen and oxygen atoms in total. The van der Waals surface area contributed by atoms with E-state index in [1.165, 1.54) is 7.11 Å². The second kappa shape index (κ2) is 3.84. The summed E-state index contributed by atoms with van der Waals surface area (Å²) in [5.74, 6) is 0.125. The van der Waals surface area contributed by atoms with Gasteiger partial charge in [-0.15, -0.1) is 0 Å². The number of hydrogen-bond donors (Lipinski definition) is 0. The van der Waals surface area contributed by atoms with Crippen molar-refractivity contribution in [2.45, 2.75) is 13.8 Å². The number of halogens is 1. The molecule has 0 aliphatic heterocycles. The zero-order valence-electron chi connectivity index (χ0n) is 8.13. The van der Waals surface area contributed by atoms with Crippen LogP contribution in [0.3, 0.4) is 0 Å². The lowest BCUT2D eigenvalue weighted by Crippen LogP contribution is -1.99. The van der Waals surface area contributed by atoms with E-state index < -0.39 is 4.92 Å². The average Bonchev–Trinajstić information content (AvgIpc) is 2.10. The molecule has 1 aromatic rings. The lowest BCUT2D eigenvalue weighted by atomic mass is 10.1. The largest absolute Gasteiger partial charge is 0.489 e. The fraction of sp³-hybridized carbons (Fsp3) is 0.333. The van der Waals surface area contributed by atoms with E-state index in [1.54, 1.807) is 19.9 Å². The third-order valence-corrected chi connectivity index (χ3v) is 2.39. The van der Waals surface area contributed by atoms with Crippen molar-refractivity contribution in [3.05, 3.63) is 32.3 Å². The number of nitro groups is 1. The molecule has 0 aromatic heterocycles. The first-order valence-electron chi connectivity index (χ1n) is 3.97. The number of ether oxygens (including phenoxy) is 1. The SMILES string of the molecule is COc1c(Cl)cc(C)c(C)c1[N+](=O)[O-]. The van der Waals surface area contributed by atoms with Crippen LogP contribution < -0.4 is 4.74 Å². The van der Waals surface area contributed by atoms with E-state index in [1.807, 2.05) is 0 Å². The lowest BCUT2D eigenvalue weighted by Gasteiger charge is -2.08. The van der Waals surface area contributed by atoms with Gasteiger partial charge in [0.1, 0.15) is 0 Å². The number of aryl methyl sites for hydroxylation is 1. The van der Waals surface area contributed by atoms with Crippen molar-refractivity contribution >= 4 is 17.3 Å². The second-order valence-corrected chi connectivity index (χ2v) is 3.35. The van der Waals surface area contributed by atoms with Crippen LogP contribution in [0.5, 0.6) is 5.75 Å². The van der Waals surface area contributed by atoms with Crippen molar-refractivity contribution < 1.29 is 9.66 Å². The van der Waals surface area contributed by atoms with E-state index in [0.29, 0.717) is 5.56 Å². The van der Waals surface area contributed by atoms with Crippen molar-refractivity contribution in [2.24, 2.45) is 0 Å². The molecule has 0 radical (unpaired) electrons. The molecule has 1 aromatic carbocycles. The summed E-state index contributed by atoms with van der Waals surface area (Å²) in [6.07, 6.45) is 0. The van der Waals surface area contributed by atoms with Crippen LogP contribution in [-0.4, -0.2) is 12.0 Å². The molecule has 5 heteroatoms. The molecule has 0 heterocycles. The lowest BCUT2D eigenvalue weighted by molar-refractivity contribution is -0.386. The van der Waals surface area contributed by atoms with E-state index in [2.05, 4.69) is 0 Å². The predicted molar refractivity (Wildman–Crippen MR) is 54.1 cm³/mol. The molecule has 0 saturated heterocycles. The summed E-state index contributed by atoms with van der Waals surface area (Å²) >= 11 is 5.82. The molecular weight excluding hydrogens is 206 g/mol. The molecule has 0 aliphatic rings. The zero-order chi connectivity index (χ0) is 10.9. The van der Waals surface area contributed by atoms with Crippen LogP contribution in [-0.2, 0) is 0 Å². The summed E-state index contributed by atoms with van der Waals surface area (Å²) in [6, 6.07) is 1.66. The number of hydrogen-bond acceptors (Lipinski definition) is 3. The quantitative estimate of drug-likeness (QED) is 0.563. The van der Waals surface area contributed by atoms with Crippen LogP contribution in [0.25, 0.3) is 0 Å². The van der Waals surface area contributed by atoms with Crippen molar-refractivity contribution in [1.29, 1.82) is 0 Å². The molecule has 0 aliphatic carbocycles. The molecule has 0 amide bonds. The summed E-state index contributed by atoms with van der Waals surface area (Å²) in [6.45, 7) is 3.44. The first-order valence-corrected chi connectivity index (χ1v) is 4.35. The number of benzene rings is 1. The van der Waals surface area contributed by atoms with Crippen LogP contribution in [0.1, 0.15) is 11.1 Å². The fourth-order valence-corrected chi connectivity index (χ4v) is 1.58. The van der Waals surface area contributed by atoms with Gasteiger partial charge in [0.15, 0.2) is 0 Å². The van der Waals surface area contributed by atoms with Crippen LogP contribution in [0, 0.1) is 24.0 Å². The molecule has 0 N–H and O–H groups in total. The van der Waals surface area contributed by atoms with Crippen molar-refractivity contribution in [3.63, 3.8) is 0 Å². The summed E-state index contributed by atoms with van der Waals surface area (Å²) in [5.41, 5.74) is 1.30. The Hall–Kier alpha value is -1.29. The van der Waals surface area contributed by atoms with E-state index >= 15 is 0 Å². The first-order chi connectivity index (χ1) is 6.49. The minimum atomic E-state index is -0.479. The molecular formula is C9H10ClNO3. The van der Waals surface area contributed by atoms with Gasteiger partial charge in [0, 0.05) is 5.56 Å². The number of methoxy groups -OCH3 is 1. The number of nitrogens with zero attached hydrogens (tertiary/aromatic N) is 1. The van der Waals surface area contributed by atoms with Crippen LogP contribution >= 0.6 is 11.6 Å². The van der Waals surface area contributed by atoms with Crippen LogP contribution in [0.4, 0.5) is 5.69 Å². The molecule has 76 valence electrons. The molecule has 0 fully saturated rings. The van der Waals surface area contributed by atoms with E-state index in [-0.39, 0.29) is 16.5 Å². The number of rotatable bonds is 2. The van der Waals surface area contributed by atoms with Gasteiger partial charge in [-0.25, -0.2) is 0 Å². The van der Waals surface area contributed by atoms with Gasteiger partial charge in [-0.3, -0.25) is 10.1 Å². The van der Waals surface area contributed by atoms with Crippen molar-refractivity contribution in [3.8, 4) is 5.75 Å². The van der Waals surface area contributed by atoms with Gasteiger partial charge >= 0.3 is 5.69 Å². The third-order valence-electron chi connectivity index (χ3n) is 2.11. The van der Waals surface area contributed by atoms with Crippen molar-refractivity contribution in [1.82, 2.24) is 0 Å².